The molecule has 1 aromatic carbocycles. The van der Waals surface area contributed by atoms with E-state index in [1.54, 1.807) is 20.8 Å². The average molecular weight is 599 g/mol. The van der Waals surface area contributed by atoms with Gasteiger partial charge in [-0.05, 0) is 31.2 Å². The highest BCUT2D eigenvalue weighted by molar-refractivity contribution is 5.96. The molecule has 1 spiro atoms. The molecule has 12 heteroatoms. The molecule has 2 aliphatic rings. The van der Waals surface area contributed by atoms with Crippen LogP contribution in [0.5, 0.6) is 11.5 Å². The molecule has 1 fully saturated rings. The van der Waals surface area contributed by atoms with Crippen molar-refractivity contribution in [2.45, 2.75) is 64.9 Å². The summed E-state index contributed by atoms with van der Waals surface area (Å²) in [7, 11) is 1.41. The molecular weight excluding hydrogens is 560 g/mol. The lowest BCUT2D eigenvalue weighted by Gasteiger charge is -2.41. The molecule has 12 nitrogen and oxygen atoms in total. The van der Waals surface area contributed by atoms with Crippen molar-refractivity contribution in [1.82, 2.24) is 10.3 Å². The Balaban J connectivity index is 1.83. The zero-order valence-electron chi connectivity index (χ0n) is 24.9. The van der Waals surface area contributed by atoms with Gasteiger partial charge in [0.1, 0.15) is 18.6 Å². The third-order valence-corrected chi connectivity index (χ3v) is 7.92. The highest BCUT2D eigenvalue weighted by atomic mass is 16.7. The molecule has 2 aliphatic heterocycles. The summed E-state index contributed by atoms with van der Waals surface area (Å²) in [6.07, 6.45) is -0.885. The van der Waals surface area contributed by atoms with Crippen molar-refractivity contribution in [3.05, 3.63) is 53.9 Å². The van der Waals surface area contributed by atoms with Crippen LogP contribution in [0.4, 0.5) is 0 Å². The van der Waals surface area contributed by atoms with Crippen molar-refractivity contribution >= 4 is 23.8 Å². The predicted octanol–water partition coefficient (Wildman–Crippen LogP) is 3.37. The molecule has 1 aromatic heterocycles. The van der Waals surface area contributed by atoms with Gasteiger partial charge < -0.3 is 34.1 Å². The van der Waals surface area contributed by atoms with E-state index in [-0.39, 0.29) is 36.8 Å². The summed E-state index contributed by atoms with van der Waals surface area (Å²) < 4.78 is 29.2. The van der Waals surface area contributed by atoms with E-state index in [1.165, 1.54) is 26.3 Å². The van der Waals surface area contributed by atoms with Crippen molar-refractivity contribution in [3.63, 3.8) is 0 Å². The van der Waals surface area contributed by atoms with Crippen LogP contribution in [0.3, 0.4) is 0 Å². The van der Waals surface area contributed by atoms with Gasteiger partial charge in [-0.2, -0.15) is 0 Å². The molecule has 2 N–H and O–H groups in total. The molecule has 0 bridgehead atoms. The molecule has 0 radical (unpaired) electrons. The molecule has 4 rings (SSSR count). The number of amides is 1. The SMILES string of the molecule is COc1ccnc2c1OCOC(C(C)C)C1(CC(=O)O[C@@H](C)[C@H](CC(C)C(=O)O)[C@@H](Cc3ccccc3)C(=O)O1)NC2=O. The number of hydrogen-bond acceptors (Lipinski definition) is 10. The largest absolute Gasteiger partial charge is 0.493 e. The maximum Gasteiger partial charge on any atom is 0.312 e. The summed E-state index contributed by atoms with van der Waals surface area (Å²) in [6.45, 7) is 6.38. The number of carbonyl (C=O) groups is 4. The Labute approximate surface area is 250 Å². The molecule has 232 valence electrons. The molecular formula is C31H38N2O10. The number of carbonyl (C=O) groups excluding carboxylic acids is 3. The summed E-state index contributed by atoms with van der Waals surface area (Å²) in [5.41, 5.74) is -1.37. The van der Waals surface area contributed by atoms with E-state index in [4.69, 9.17) is 23.7 Å². The molecule has 1 saturated heterocycles. The monoisotopic (exact) mass is 598 g/mol. The Hall–Kier alpha value is -4.19. The Morgan fingerprint density at radius 3 is 2.53 bits per heavy atom. The summed E-state index contributed by atoms with van der Waals surface area (Å²) in [5, 5.41) is 12.4. The maximum absolute atomic E-state index is 14.3. The van der Waals surface area contributed by atoms with E-state index in [9.17, 15) is 24.3 Å². The molecule has 43 heavy (non-hydrogen) atoms. The van der Waals surface area contributed by atoms with Crippen LogP contribution >= 0.6 is 0 Å². The Morgan fingerprint density at radius 1 is 1.16 bits per heavy atom. The number of aliphatic carboxylic acids is 1. The minimum atomic E-state index is -2.02. The number of esters is 2. The second-order valence-corrected chi connectivity index (χ2v) is 11.4. The average Bonchev–Trinajstić information content (AvgIpc) is 3.03. The van der Waals surface area contributed by atoms with Gasteiger partial charge in [-0.25, -0.2) is 4.98 Å². The zero-order chi connectivity index (χ0) is 31.3. The predicted molar refractivity (Wildman–Crippen MR) is 151 cm³/mol. The number of pyridine rings is 1. The fourth-order valence-corrected chi connectivity index (χ4v) is 5.79. The van der Waals surface area contributed by atoms with E-state index in [2.05, 4.69) is 10.3 Å². The third kappa shape index (κ3) is 7.07. The Kier molecular flexibility index (Phi) is 9.90. The summed E-state index contributed by atoms with van der Waals surface area (Å²) in [5.74, 6) is -5.93. The van der Waals surface area contributed by atoms with Gasteiger partial charge in [-0.15, -0.1) is 0 Å². The van der Waals surface area contributed by atoms with Gasteiger partial charge in [0.2, 0.25) is 5.72 Å². The standard InChI is InChI=1S/C31H38N2O10/c1-17(2)27-31(33-28(35)25-26(40-16-41-27)23(39-5)11-12-32-25)15-24(34)42-19(4)21(13-18(3)29(36)37)22(30(38)43-31)14-20-9-7-6-8-10-20/h6-12,17-19,21-22,27H,13-16H2,1-5H3,(H,33,35)(H,36,37)/t18?,19-,21-,22+,27?,31?/m0/s1. The molecule has 0 saturated carbocycles. The van der Waals surface area contributed by atoms with E-state index >= 15 is 0 Å². The maximum atomic E-state index is 14.3. The number of rotatable bonds is 7. The number of benzene rings is 1. The van der Waals surface area contributed by atoms with Crippen molar-refractivity contribution in [2.75, 3.05) is 13.9 Å². The molecule has 2 aromatic rings. The fraction of sp³-hybridized carbons (Fsp3) is 0.516. The molecule has 1 amide bonds. The second-order valence-electron chi connectivity index (χ2n) is 11.4. The van der Waals surface area contributed by atoms with Gasteiger partial charge in [0.05, 0.1) is 18.9 Å². The van der Waals surface area contributed by atoms with Crippen molar-refractivity contribution in [3.8, 4) is 11.5 Å². The van der Waals surface area contributed by atoms with Crippen LogP contribution in [-0.2, 0) is 35.0 Å². The van der Waals surface area contributed by atoms with Crippen molar-refractivity contribution < 1.29 is 48.0 Å². The summed E-state index contributed by atoms with van der Waals surface area (Å²) in [6, 6.07) is 10.7. The van der Waals surface area contributed by atoms with Crippen LogP contribution in [-0.4, -0.2) is 65.7 Å². The number of methoxy groups -OCH3 is 1. The highest BCUT2D eigenvalue weighted by Crippen LogP contribution is 2.38. The first-order valence-corrected chi connectivity index (χ1v) is 14.2. The number of carboxylic acids is 1. The summed E-state index contributed by atoms with van der Waals surface area (Å²) >= 11 is 0. The number of nitrogens with zero attached hydrogens (tertiary/aromatic N) is 1. The minimum Gasteiger partial charge on any atom is -0.493 e. The number of hydrogen-bond donors (Lipinski definition) is 2. The number of carboxylic acid groups (broad SMARTS) is 1. The lowest BCUT2D eigenvalue weighted by molar-refractivity contribution is -0.207. The number of nitrogens with one attached hydrogen (secondary N) is 1. The van der Waals surface area contributed by atoms with Gasteiger partial charge in [0.25, 0.3) is 5.91 Å². The molecule has 6 atom stereocenters. The lowest BCUT2D eigenvalue weighted by atomic mass is 9.78. The quantitative estimate of drug-likeness (QED) is 0.450. The van der Waals surface area contributed by atoms with E-state index in [0.717, 1.165) is 5.56 Å². The van der Waals surface area contributed by atoms with Crippen LogP contribution in [0.15, 0.2) is 42.6 Å². The van der Waals surface area contributed by atoms with Crippen LogP contribution < -0.4 is 14.8 Å². The number of fused-ring (bicyclic) bond motifs is 1. The van der Waals surface area contributed by atoms with Gasteiger partial charge in [0.15, 0.2) is 24.0 Å². The molecule has 3 unspecified atom stereocenters. The number of ether oxygens (including phenoxy) is 5. The second kappa shape index (κ2) is 13.4. The number of cyclic esters (lactones) is 1. The van der Waals surface area contributed by atoms with Crippen LogP contribution in [0.25, 0.3) is 0 Å². The lowest BCUT2D eigenvalue weighted by Crippen LogP contribution is -2.63. The van der Waals surface area contributed by atoms with Crippen molar-refractivity contribution in [1.29, 1.82) is 0 Å². The topological polar surface area (TPSA) is 160 Å². The van der Waals surface area contributed by atoms with Crippen LogP contribution in [0, 0.1) is 23.7 Å². The highest BCUT2D eigenvalue weighted by Gasteiger charge is 2.53. The van der Waals surface area contributed by atoms with E-state index < -0.39 is 71.8 Å². The first-order valence-electron chi connectivity index (χ1n) is 14.2. The van der Waals surface area contributed by atoms with Crippen LogP contribution in [0.2, 0.25) is 0 Å². The van der Waals surface area contributed by atoms with Gasteiger partial charge in [0, 0.05) is 18.2 Å². The van der Waals surface area contributed by atoms with Gasteiger partial charge in [-0.3, -0.25) is 19.2 Å². The van der Waals surface area contributed by atoms with Gasteiger partial charge >= 0.3 is 17.9 Å². The third-order valence-electron chi connectivity index (χ3n) is 7.92. The smallest absolute Gasteiger partial charge is 0.312 e. The zero-order valence-corrected chi connectivity index (χ0v) is 24.9. The normalized spacial score (nSPS) is 27.0. The molecule has 3 heterocycles. The Morgan fingerprint density at radius 2 is 1.88 bits per heavy atom. The Bertz CT molecular complexity index is 1330. The first kappa shape index (κ1) is 31.7. The minimum absolute atomic E-state index is 0.0253. The van der Waals surface area contributed by atoms with Gasteiger partial charge in [-0.1, -0.05) is 51.1 Å². The van der Waals surface area contributed by atoms with Crippen molar-refractivity contribution in [2.24, 2.45) is 23.7 Å². The fourth-order valence-electron chi connectivity index (χ4n) is 5.79. The van der Waals surface area contributed by atoms with E-state index in [0.29, 0.717) is 0 Å². The first-order chi connectivity index (χ1) is 20.5. The van der Waals surface area contributed by atoms with E-state index in [1.807, 2.05) is 30.3 Å². The van der Waals surface area contributed by atoms with Crippen LogP contribution in [0.1, 0.15) is 56.6 Å². The number of aromatic nitrogens is 1. The molecule has 0 aliphatic carbocycles. The summed E-state index contributed by atoms with van der Waals surface area (Å²) in [4.78, 5) is 57.6.